The Hall–Kier alpha value is -1.59. The monoisotopic (exact) mass is 307 g/mol. The van der Waals surface area contributed by atoms with Crippen molar-refractivity contribution in [1.82, 2.24) is 4.90 Å². The molecule has 5 heteroatoms. The Morgan fingerprint density at radius 1 is 1.45 bits per heavy atom. The van der Waals surface area contributed by atoms with E-state index in [1.807, 2.05) is 19.1 Å². The lowest BCUT2D eigenvalue weighted by Gasteiger charge is -2.26. The molecule has 1 aromatic carbocycles. The molecule has 0 aromatic heterocycles. The number of carbonyl (C=O) groups excluding carboxylic acids is 1. The van der Waals surface area contributed by atoms with Crippen molar-refractivity contribution in [1.29, 1.82) is 0 Å². The molecule has 0 bridgehead atoms. The summed E-state index contributed by atoms with van der Waals surface area (Å²) in [6.45, 7) is 4.69. The van der Waals surface area contributed by atoms with Crippen molar-refractivity contribution in [3.05, 3.63) is 29.8 Å². The summed E-state index contributed by atoms with van der Waals surface area (Å²) in [4.78, 5) is 14.2. The van der Waals surface area contributed by atoms with Crippen LogP contribution in [-0.4, -0.2) is 48.4 Å². The average molecular weight is 307 g/mol. The first-order chi connectivity index (χ1) is 10.7. The number of carbonyl (C=O) groups is 1. The van der Waals surface area contributed by atoms with Crippen LogP contribution in [0.2, 0.25) is 0 Å². The molecule has 1 aliphatic heterocycles. The number of aromatic hydroxyl groups is 1. The second kappa shape index (κ2) is 8.76. The number of amides is 1. The minimum absolute atomic E-state index is 0.0344. The molecule has 1 unspecified atom stereocenters. The molecule has 1 heterocycles. The van der Waals surface area contributed by atoms with Crippen molar-refractivity contribution < 1.29 is 19.4 Å². The first-order valence-electron chi connectivity index (χ1n) is 7.94. The third kappa shape index (κ3) is 5.00. The normalized spacial score (nSPS) is 17.6. The zero-order valence-corrected chi connectivity index (χ0v) is 13.2. The number of phenolic OH excluding ortho intramolecular Hbond substituents is 1. The van der Waals surface area contributed by atoms with E-state index in [1.165, 1.54) is 0 Å². The van der Waals surface area contributed by atoms with Crippen LogP contribution in [0.15, 0.2) is 24.3 Å². The van der Waals surface area contributed by atoms with Gasteiger partial charge in [0.15, 0.2) is 0 Å². The first kappa shape index (κ1) is 16.8. The fraction of sp³-hybridized carbons (Fsp3) is 0.588. The smallest absolute Gasteiger partial charge is 0.225 e. The van der Waals surface area contributed by atoms with E-state index in [4.69, 9.17) is 9.47 Å². The molecule has 1 atom stereocenters. The summed E-state index contributed by atoms with van der Waals surface area (Å²) in [7, 11) is 0. The van der Waals surface area contributed by atoms with Gasteiger partial charge in [-0.05, 0) is 25.8 Å². The highest BCUT2D eigenvalue weighted by atomic mass is 16.5. The van der Waals surface area contributed by atoms with Crippen LogP contribution in [0.1, 0.15) is 31.7 Å². The molecule has 1 amide bonds. The molecule has 1 N–H and O–H groups in total. The van der Waals surface area contributed by atoms with Gasteiger partial charge in [-0.25, -0.2) is 0 Å². The molecule has 22 heavy (non-hydrogen) atoms. The van der Waals surface area contributed by atoms with Gasteiger partial charge >= 0.3 is 0 Å². The van der Waals surface area contributed by atoms with Gasteiger partial charge < -0.3 is 19.5 Å². The minimum Gasteiger partial charge on any atom is -0.508 e. The van der Waals surface area contributed by atoms with E-state index in [9.17, 15) is 9.90 Å². The average Bonchev–Trinajstić information content (AvgIpc) is 3.02. The van der Waals surface area contributed by atoms with Crippen molar-refractivity contribution in [2.24, 2.45) is 0 Å². The van der Waals surface area contributed by atoms with E-state index in [0.29, 0.717) is 32.7 Å². The largest absolute Gasteiger partial charge is 0.508 e. The Bertz CT molecular complexity index is 471. The van der Waals surface area contributed by atoms with Crippen LogP contribution in [0.3, 0.4) is 0 Å². The van der Waals surface area contributed by atoms with E-state index in [1.54, 1.807) is 17.0 Å². The molecule has 1 aliphatic rings. The fourth-order valence-electron chi connectivity index (χ4n) is 2.60. The second-order valence-electron chi connectivity index (χ2n) is 5.48. The number of para-hydroxylation sites is 1. The van der Waals surface area contributed by atoms with Crippen LogP contribution < -0.4 is 0 Å². The van der Waals surface area contributed by atoms with Crippen molar-refractivity contribution >= 4 is 5.91 Å². The number of rotatable bonds is 8. The third-order valence-electron chi connectivity index (χ3n) is 3.82. The second-order valence-corrected chi connectivity index (χ2v) is 5.48. The molecule has 2 rings (SSSR count). The van der Waals surface area contributed by atoms with E-state index < -0.39 is 0 Å². The maximum absolute atomic E-state index is 12.4. The van der Waals surface area contributed by atoms with Gasteiger partial charge in [0.1, 0.15) is 5.75 Å². The lowest BCUT2D eigenvalue weighted by Crippen LogP contribution is -2.37. The first-order valence-corrected chi connectivity index (χ1v) is 7.94. The Morgan fingerprint density at radius 3 is 2.95 bits per heavy atom. The molecule has 1 aromatic rings. The van der Waals surface area contributed by atoms with E-state index in [0.717, 1.165) is 25.0 Å². The van der Waals surface area contributed by atoms with Gasteiger partial charge in [0.25, 0.3) is 0 Å². The summed E-state index contributed by atoms with van der Waals surface area (Å²) in [5, 5.41) is 9.92. The molecule has 0 radical (unpaired) electrons. The van der Waals surface area contributed by atoms with Crippen molar-refractivity contribution in [3.8, 4) is 5.75 Å². The summed E-state index contributed by atoms with van der Waals surface area (Å²) in [5.41, 5.74) is 0.755. The SMILES string of the molecule is CCOCCC(=O)N(Cc1ccccc1O)CC1CCCO1. The van der Waals surface area contributed by atoms with Crippen molar-refractivity contribution in [3.63, 3.8) is 0 Å². The molecular weight excluding hydrogens is 282 g/mol. The molecule has 0 aliphatic carbocycles. The molecule has 0 saturated carbocycles. The zero-order chi connectivity index (χ0) is 15.8. The van der Waals surface area contributed by atoms with E-state index in [-0.39, 0.29) is 17.8 Å². The van der Waals surface area contributed by atoms with Crippen molar-refractivity contribution in [2.45, 2.75) is 38.8 Å². The van der Waals surface area contributed by atoms with Crippen LogP contribution in [0.5, 0.6) is 5.75 Å². The zero-order valence-electron chi connectivity index (χ0n) is 13.2. The van der Waals surface area contributed by atoms with Gasteiger partial charge in [-0.3, -0.25) is 4.79 Å². The lowest BCUT2D eigenvalue weighted by molar-refractivity contribution is -0.134. The fourth-order valence-corrected chi connectivity index (χ4v) is 2.60. The maximum atomic E-state index is 12.4. The molecule has 122 valence electrons. The summed E-state index contributed by atoms with van der Waals surface area (Å²) >= 11 is 0. The molecule has 1 saturated heterocycles. The highest BCUT2D eigenvalue weighted by Gasteiger charge is 2.23. The van der Waals surface area contributed by atoms with Crippen LogP contribution in [0.25, 0.3) is 0 Å². The van der Waals surface area contributed by atoms with Crippen LogP contribution in [0, 0.1) is 0 Å². The lowest BCUT2D eigenvalue weighted by atomic mass is 10.1. The predicted octanol–water partition coefficient (Wildman–Crippen LogP) is 2.33. The van der Waals surface area contributed by atoms with Crippen LogP contribution in [-0.2, 0) is 20.8 Å². The summed E-state index contributed by atoms with van der Waals surface area (Å²) < 4.78 is 10.9. The number of hydrogen-bond donors (Lipinski definition) is 1. The Kier molecular flexibility index (Phi) is 6.68. The number of phenols is 1. The Balaban J connectivity index is 1.99. The number of hydrogen-bond acceptors (Lipinski definition) is 4. The van der Waals surface area contributed by atoms with Gasteiger partial charge in [-0.2, -0.15) is 0 Å². The van der Waals surface area contributed by atoms with E-state index in [2.05, 4.69) is 0 Å². The number of nitrogens with zero attached hydrogens (tertiary/aromatic N) is 1. The number of benzene rings is 1. The van der Waals surface area contributed by atoms with Crippen LogP contribution >= 0.6 is 0 Å². The summed E-state index contributed by atoms with van der Waals surface area (Å²) in [6.07, 6.45) is 2.48. The van der Waals surface area contributed by atoms with Crippen molar-refractivity contribution in [2.75, 3.05) is 26.4 Å². The van der Waals surface area contributed by atoms with Crippen LogP contribution in [0.4, 0.5) is 0 Å². The molecule has 0 spiro atoms. The highest BCUT2D eigenvalue weighted by molar-refractivity contribution is 5.76. The standard InChI is InChI=1S/C17H25NO4/c1-2-21-11-9-17(20)18(13-15-7-5-10-22-15)12-14-6-3-4-8-16(14)19/h3-4,6,8,15,19H,2,5,7,9-13H2,1H3. The number of ether oxygens (including phenoxy) is 2. The minimum atomic E-state index is 0.0344. The molecule has 5 nitrogen and oxygen atoms in total. The van der Waals surface area contributed by atoms with Gasteiger partial charge in [0.05, 0.1) is 19.1 Å². The van der Waals surface area contributed by atoms with Gasteiger partial charge in [0, 0.05) is 31.9 Å². The van der Waals surface area contributed by atoms with E-state index >= 15 is 0 Å². The Morgan fingerprint density at radius 2 is 2.27 bits per heavy atom. The van der Waals surface area contributed by atoms with Gasteiger partial charge in [-0.1, -0.05) is 18.2 Å². The summed E-state index contributed by atoms with van der Waals surface area (Å²) in [5.74, 6) is 0.254. The van der Waals surface area contributed by atoms with Gasteiger partial charge in [0.2, 0.25) is 5.91 Å². The maximum Gasteiger partial charge on any atom is 0.225 e. The highest BCUT2D eigenvalue weighted by Crippen LogP contribution is 2.20. The third-order valence-corrected chi connectivity index (χ3v) is 3.82. The Labute approximate surface area is 131 Å². The topological polar surface area (TPSA) is 59.0 Å². The van der Waals surface area contributed by atoms with Gasteiger partial charge in [-0.15, -0.1) is 0 Å². The molecule has 1 fully saturated rings. The quantitative estimate of drug-likeness (QED) is 0.749. The predicted molar refractivity (Wildman–Crippen MR) is 83.6 cm³/mol. The summed E-state index contributed by atoms with van der Waals surface area (Å²) in [6, 6.07) is 7.13. The molecular formula is C17H25NO4.